The van der Waals surface area contributed by atoms with Crippen molar-refractivity contribution >= 4 is 47.8 Å². The molecule has 0 aliphatic carbocycles. The van der Waals surface area contributed by atoms with Gasteiger partial charge in [-0.1, -0.05) is 35.3 Å². The molecule has 2 rings (SSSR count). The van der Waals surface area contributed by atoms with Gasteiger partial charge in [0.1, 0.15) is 6.29 Å². The van der Waals surface area contributed by atoms with Crippen LogP contribution in [0.3, 0.4) is 0 Å². The number of amides is 2. The zero-order chi connectivity index (χ0) is 23.1. The van der Waals surface area contributed by atoms with E-state index in [9.17, 15) is 9.59 Å². The molecule has 1 atom stereocenters. The second kappa shape index (κ2) is 11.5. The fourth-order valence-corrected chi connectivity index (χ4v) is 4.21. The third kappa shape index (κ3) is 6.42. The first-order valence-electron chi connectivity index (χ1n) is 10.2. The van der Waals surface area contributed by atoms with Crippen molar-refractivity contribution in [2.45, 2.75) is 38.8 Å². The number of aldehydes is 1. The summed E-state index contributed by atoms with van der Waals surface area (Å²) in [5, 5.41) is 3.69. The predicted molar refractivity (Wildman–Crippen MR) is 129 cm³/mol. The third-order valence-electron chi connectivity index (χ3n) is 5.59. The average molecular weight is 465 g/mol. The maximum absolute atomic E-state index is 12.8. The number of carbonyl (C=O) groups excluding carboxylic acids is 2. The van der Waals surface area contributed by atoms with Crippen molar-refractivity contribution in [3.05, 3.63) is 51.2 Å². The van der Waals surface area contributed by atoms with E-state index in [4.69, 9.17) is 23.2 Å². The zero-order valence-electron chi connectivity index (χ0n) is 18.5. The number of hydrogen-bond donors (Lipinski definition) is 1. The molecular weight excluding hydrogens is 435 g/mol. The molecule has 1 fully saturated rings. The monoisotopic (exact) mass is 464 g/mol. The van der Waals surface area contributed by atoms with E-state index in [0.29, 0.717) is 32.3 Å². The molecule has 1 aliphatic rings. The number of rotatable bonds is 7. The first-order valence-corrected chi connectivity index (χ1v) is 10.9. The van der Waals surface area contributed by atoms with Crippen LogP contribution in [-0.4, -0.2) is 62.1 Å². The second-order valence-corrected chi connectivity index (χ2v) is 8.68. The quantitative estimate of drug-likeness (QED) is 0.268. The molecule has 1 aromatic carbocycles. The zero-order valence-corrected chi connectivity index (χ0v) is 20.0. The van der Waals surface area contributed by atoms with Crippen molar-refractivity contribution in [2.24, 2.45) is 4.99 Å². The highest BCUT2D eigenvalue weighted by Crippen LogP contribution is 2.37. The Morgan fingerprint density at radius 2 is 1.97 bits per heavy atom. The van der Waals surface area contributed by atoms with Crippen LogP contribution in [0.2, 0.25) is 10.0 Å². The lowest BCUT2D eigenvalue weighted by Gasteiger charge is -2.35. The number of piperidine rings is 1. The summed E-state index contributed by atoms with van der Waals surface area (Å²) in [6, 6.07) is 3.37. The van der Waals surface area contributed by atoms with Crippen molar-refractivity contribution in [3.63, 3.8) is 0 Å². The molecule has 0 aromatic heterocycles. The summed E-state index contributed by atoms with van der Waals surface area (Å²) >= 11 is 13.1. The summed E-state index contributed by atoms with van der Waals surface area (Å²) in [5.74, 6) is 0. The molecule has 8 heteroatoms. The van der Waals surface area contributed by atoms with Crippen LogP contribution in [0, 0.1) is 0 Å². The Morgan fingerprint density at radius 1 is 1.32 bits per heavy atom. The van der Waals surface area contributed by atoms with Crippen LogP contribution in [-0.2, 0) is 4.79 Å². The minimum Gasteiger partial charge on any atom is -0.331 e. The molecule has 2 amide bonds. The number of aliphatic imine (C=N–C) groups is 1. The Bertz CT molecular complexity index is 890. The van der Waals surface area contributed by atoms with Crippen LogP contribution >= 0.6 is 23.2 Å². The van der Waals surface area contributed by atoms with Gasteiger partial charge in [0.2, 0.25) is 0 Å². The number of nitrogens with zero attached hydrogens (tertiary/aromatic N) is 3. The van der Waals surface area contributed by atoms with Gasteiger partial charge >= 0.3 is 6.03 Å². The lowest BCUT2D eigenvalue weighted by Crippen LogP contribution is -2.48. The van der Waals surface area contributed by atoms with Crippen LogP contribution in [0.4, 0.5) is 4.79 Å². The first kappa shape index (κ1) is 25.1. The standard InChI is InChI=1S/C23H30Cl2N4O2/c1-15(14-30)12-17(13-26-3)20-7-6-19(21(24)22(20)25)16(2)27-23(31)29(5)18-8-10-28(4)11-9-18/h6-7,12-14,16,18H,3,8-11H2,1-2,4-5H3,(H,27,31)/b15-12+,17-13+. The first-order chi connectivity index (χ1) is 14.7. The summed E-state index contributed by atoms with van der Waals surface area (Å²) in [6.45, 7) is 8.99. The Morgan fingerprint density at radius 3 is 2.55 bits per heavy atom. The largest absolute Gasteiger partial charge is 0.331 e. The number of benzene rings is 1. The summed E-state index contributed by atoms with van der Waals surface area (Å²) < 4.78 is 0. The lowest BCUT2D eigenvalue weighted by molar-refractivity contribution is -0.104. The minimum absolute atomic E-state index is 0.140. The number of hydrogen-bond acceptors (Lipinski definition) is 4. The van der Waals surface area contributed by atoms with Gasteiger partial charge in [-0.15, -0.1) is 0 Å². The molecule has 31 heavy (non-hydrogen) atoms. The Kier molecular flexibility index (Phi) is 9.29. The van der Waals surface area contributed by atoms with Crippen LogP contribution < -0.4 is 5.32 Å². The van der Waals surface area contributed by atoms with E-state index >= 15 is 0 Å². The van der Waals surface area contributed by atoms with E-state index in [1.165, 1.54) is 6.20 Å². The third-order valence-corrected chi connectivity index (χ3v) is 6.48. The van der Waals surface area contributed by atoms with E-state index in [1.807, 2.05) is 20.0 Å². The van der Waals surface area contributed by atoms with Gasteiger partial charge in [0.25, 0.3) is 0 Å². The molecule has 168 valence electrons. The minimum atomic E-state index is -0.336. The Labute approximate surface area is 194 Å². The SMILES string of the molecule is C=N/C=C(\C=C(/C)C=O)c1ccc(C(C)NC(=O)N(C)C2CCN(C)CC2)c(Cl)c1Cl. The number of allylic oxidation sites excluding steroid dienone is 3. The van der Waals surface area contributed by atoms with Gasteiger partial charge in [-0.2, -0.15) is 0 Å². The maximum Gasteiger partial charge on any atom is 0.317 e. The van der Waals surface area contributed by atoms with Crippen LogP contribution in [0.1, 0.15) is 43.9 Å². The van der Waals surface area contributed by atoms with E-state index in [1.54, 1.807) is 24.0 Å². The highest BCUT2D eigenvalue weighted by Gasteiger charge is 2.25. The van der Waals surface area contributed by atoms with Crippen LogP contribution in [0.25, 0.3) is 5.57 Å². The number of halogens is 2. The topological polar surface area (TPSA) is 65.0 Å². The van der Waals surface area contributed by atoms with E-state index in [2.05, 4.69) is 29.0 Å². The summed E-state index contributed by atoms with van der Waals surface area (Å²) in [5.41, 5.74) is 2.48. The molecule has 6 nitrogen and oxygen atoms in total. The van der Waals surface area contributed by atoms with E-state index < -0.39 is 0 Å². The molecule has 1 N–H and O–H groups in total. The smallest absolute Gasteiger partial charge is 0.317 e. The van der Waals surface area contributed by atoms with Gasteiger partial charge in [-0.25, -0.2) is 4.79 Å². The number of carbonyl (C=O) groups is 2. The lowest BCUT2D eigenvalue weighted by atomic mass is 10.00. The molecule has 0 spiro atoms. The summed E-state index contributed by atoms with van der Waals surface area (Å²) in [7, 11) is 3.92. The number of urea groups is 1. The Hall–Kier alpha value is -2.15. The van der Waals surface area contributed by atoms with E-state index in [-0.39, 0.29) is 18.1 Å². The van der Waals surface area contributed by atoms with Crippen molar-refractivity contribution in [3.8, 4) is 0 Å². The molecule has 0 radical (unpaired) electrons. The fraction of sp³-hybridized carbons (Fsp3) is 0.435. The fourth-order valence-electron chi connectivity index (χ4n) is 3.60. The molecule has 1 aliphatic heterocycles. The molecular formula is C23H30Cl2N4O2. The normalized spacial score (nSPS) is 17.2. The van der Waals surface area contributed by atoms with Crippen molar-refractivity contribution in [2.75, 3.05) is 27.2 Å². The van der Waals surface area contributed by atoms with Gasteiger partial charge in [0.05, 0.1) is 16.1 Å². The molecule has 0 saturated carbocycles. The van der Waals surface area contributed by atoms with Gasteiger partial charge in [0.15, 0.2) is 0 Å². The van der Waals surface area contributed by atoms with Gasteiger partial charge in [-0.3, -0.25) is 9.79 Å². The van der Waals surface area contributed by atoms with E-state index in [0.717, 1.165) is 32.2 Å². The number of nitrogens with one attached hydrogen (secondary N) is 1. The second-order valence-electron chi connectivity index (χ2n) is 7.92. The Balaban J connectivity index is 2.20. The van der Waals surface area contributed by atoms with Crippen molar-refractivity contribution in [1.29, 1.82) is 0 Å². The molecule has 1 saturated heterocycles. The predicted octanol–water partition coefficient (Wildman–Crippen LogP) is 4.98. The van der Waals surface area contributed by atoms with Crippen molar-refractivity contribution < 1.29 is 9.59 Å². The molecule has 1 aromatic rings. The molecule has 1 heterocycles. The average Bonchev–Trinajstić information content (AvgIpc) is 2.75. The van der Waals surface area contributed by atoms with Gasteiger partial charge in [-0.05, 0) is 70.8 Å². The highest BCUT2D eigenvalue weighted by molar-refractivity contribution is 6.43. The maximum atomic E-state index is 12.8. The number of likely N-dealkylation sites (tertiary alicyclic amines) is 1. The van der Waals surface area contributed by atoms with Gasteiger partial charge < -0.3 is 15.1 Å². The highest BCUT2D eigenvalue weighted by atomic mass is 35.5. The van der Waals surface area contributed by atoms with Crippen LogP contribution in [0.15, 0.2) is 35.0 Å². The van der Waals surface area contributed by atoms with Crippen LogP contribution in [0.5, 0.6) is 0 Å². The summed E-state index contributed by atoms with van der Waals surface area (Å²) in [6.07, 6.45) is 5.85. The van der Waals surface area contributed by atoms with Crippen molar-refractivity contribution in [1.82, 2.24) is 15.1 Å². The summed E-state index contributed by atoms with van der Waals surface area (Å²) in [4.78, 5) is 31.6. The van der Waals surface area contributed by atoms with Gasteiger partial charge in [0, 0.05) is 30.4 Å². The molecule has 0 bridgehead atoms. The molecule has 1 unspecified atom stereocenters.